The van der Waals surface area contributed by atoms with Gasteiger partial charge in [-0.2, -0.15) is 0 Å². The van der Waals surface area contributed by atoms with Crippen molar-refractivity contribution < 1.29 is 0 Å². The van der Waals surface area contributed by atoms with Crippen molar-refractivity contribution >= 4 is 23.2 Å². The third-order valence-electron chi connectivity index (χ3n) is 0.178. The summed E-state index contributed by atoms with van der Waals surface area (Å²) in [5, 5.41) is 0. The van der Waals surface area contributed by atoms with Gasteiger partial charge in [-0.25, -0.2) is 0 Å². The van der Waals surface area contributed by atoms with Crippen molar-refractivity contribution in [1.29, 1.82) is 0 Å². The van der Waals surface area contributed by atoms with E-state index in [9.17, 15) is 0 Å². The van der Waals surface area contributed by atoms with Gasteiger partial charge in [-0.1, -0.05) is 17.7 Å². The van der Waals surface area contributed by atoms with Crippen LogP contribution in [0.2, 0.25) is 0 Å². The van der Waals surface area contributed by atoms with Crippen molar-refractivity contribution in [2.24, 2.45) is 0 Å². The molecule has 0 amide bonds. The molecule has 30 valence electrons. The molecule has 0 saturated heterocycles. The summed E-state index contributed by atoms with van der Waals surface area (Å²) in [6, 6.07) is 0. The number of rotatable bonds is 1. The van der Waals surface area contributed by atoms with Crippen molar-refractivity contribution in [3.05, 3.63) is 11.6 Å². The van der Waals surface area contributed by atoms with Crippen molar-refractivity contribution in [1.82, 2.24) is 0 Å². The summed E-state index contributed by atoms with van der Waals surface area (Å²) < 4.78 is 0. The zero-order valence-corrected chi connectivity index (χ0v) is 4.13. The Hall–Kier alpha value is 0.320. The SMILES string of the molecule is Cl/C=[13CH]/CCl. The molecule has 0 nitrogen and oxygen atoms in total. The summed E-state index contributed by atoms with van der Waals surface area (Å²) in [6.07, 6.45) is 1.66. The Labute approximate surface area is 41.4 Å². The predicted octanol–water partition coefficient (Wildman–Crippen LogP) is 1.98. The topological polar surface area (TPSA) is 0 Å². The summed E-state index contributed by atoms with van der Waals surface area (Å²) in [5.74, 6) is 0.503. The normalized spacial score (nSPS) is 10.0. The maximum atomic E-state index is 5.13. The van der Waals surface area contributed by atoms with E-state index < -0.39 is 0 Å². The first-order valence-corrected chi connectivity index (χ1v) is 2.20. The lowest BCUT2D eigenvalue weighted by Crippen LogP contribution is -1.48. The number of hydrogen-bond acceptors (Lipinski definition) is 0. The molecule has 0 bridgehead atoms. The fourth-order valence-electron chi connectivity index (χ4n) is 0.0337. The van der Waals surface area contributed by atoms with E-state index >= 15 is 0 Å². The number of alkyl halides is 1. The second-order valence-electron chi connectivity index (χ2n) is 0.516. The summed E-state index contributed by atoms with van der Waals surface area (Å²) in [7, 11) is 0. The fourth-order valence-corrected chi connectivity index (χ4v) is 0.303. The number of hydrogen-bond donors (Lipinski definition) is 0. The van der Waals surface area contributed by atoms with Gasteiger partial charge in [-0.15, -0.1) is 11.6 Å². The standard InChI is InChI=1S/C3H4Cl2/c4-2-1-3-5/h1-2H,3H2/b2-1+/i1+1. The van der Waals surface area contributed by atoms with Crippen molar-refractivity contribution in [2.45, 2.75) is 0 Å². The van der Waals surface area contributed by atoms with Crippen LogP contribution >= 0.6 is 23.2 Å². The smallest absolute Gasteiger partial charge is 0.0415 e. The van der Waals surface area contributed by atoms with Gasteiger partial charge in [0.1, 0.15) is 0 Å². The Morgan fingerprint density at radius 1 is 1.60 bits per heavy atom. The molecular formula is C3H4Cl2. The monoisotopic (exact) mass is 111 g/mol. The van der Waals surface area contributed by atoms with E-state index in [4.69, 9.17) is 23.2 Å². The van der Waals surface area contributed by atoms with Crippen LogP contribution in [0.3, 0.4) is 0 Å². The molecule has 0 aliphatic carbocycles. The van der Waals surface area contributed by atoms with Crippen LogP contribution in [0.1, 0.15) is 0 Å². The Morgan fingerprint density at radius 3 is 2.20 bits per heavy atom. The summed E-state index contributed by atoms with van der Waals surface area (Å²) in [5.41, 5.74) is 1.40. The molecule has 0 atom stereocenters. The van der Waals surface area contributed by atoms with E-state index in [1.807, 2.05) is 0 Å². The highest BCUT2D eigenvalue weighted by molar-refractivity contribution is 6.26. The van der Waals surface area contributed by atoms with Gasteiger partial charge in [-0.05, 0) is 0 Å². The van der Waals surface area contributed by atoms with Crippen LogP contribution in [0.5, 0.6) is 0 Å². The molecule has 0 rings (SSSR count). The second-order valence-corrected chi connectivity index (χ2v) is 1.08. The molecule has 0 heterocycles. The first-order chi connectivity index (χ1) is 2.41. The zero-order valence-electron chi connectivity index (χ0n) is 2.62. The minimum atomic E-state index is 0.503. The number of halogens is 2. The Bertz CT molecular complexity index is 31.9. The van der Waals surface area contributed by atoms with E-state index in [-0.39, 0.29) is 0 Å². The molecule has 0 unspecified atom stereocenters. The molecule has 2 heteroatoms. The quantitative estimate of drug-likeness (QED) is 0.359. The average Bonchev–Trinajstić information content (AvgIpc) is 1.41. The maximum Gasteiger partial charge on any atom is 0.0415 e. The Kier molecular flexibility index (Phi) is 4.60. The van der Waals surface area contributed by atoms with Crippen LogP contribution in [-0.4, -0.2) is 5.88 Å². The number of allylic oxidation sites excluding steroid dienone is 1. The van der Waals surface area contributed by atoms with E-state index in [0.29, 0.717) is 5.88 Å². The molecule has 0 aromatic rings. The predicted molar refractivity (Wildman–Crippen MR) is 25.7 cm³/mol. The highest BCUT2D eigenvalue weighted by Gasteiger charge is 1.56. The fraction of sp³-hybridized carbons (Fsp3) is 0.333. The molecule has 0 spiro atoms. The minimum Gasteiger partial charge on any atom is -0.122 e. The lowest BCUT2D eigenvalue weighted by Gasteiger charge is -1.61. The van der Waals surface area contributed by atoms with Gasteiger partial charge in [-0.3, -0.25) is 0 Å². The molecule has 0 radical (unpaired) electrons. The Morgan fingerprint density at radius 2 is 2.20 bits per heavy atom. The summed E-state index contributed by atoms with van der Waals surface area (Å²) >= 11 is 10.2. The molecule has 0 aliphatic heterocycles. The van der Waals surface area contributed by atoms with Gasteiger partial charge in [0, 0.05) is 11.4 Å². The van der Waals surface area contributed by atoms with Gasteiger partial charge < -0.3 is 0 Å². The zero-order chi connectivity index (χ0) is 4.12. The van der Waals surface area contributed by atoms with Crippen LogP contribution in [0.4, 0.5) is 0 Å². The third kappa shape index (κ3) is 4.32. The van der Waals surface area contributed by atoms with Gasteiger partial charge in [0.25, 0.3) is 0 Å². The van der Waals surface area contributed by atoms with E-state index in [0.717, 1.165) is 0 Å². The molecule has 0 aliphatic rings. The first-order valence-electron chi connectivity index (χ1n) is 1.23. The molecule has 0 N–H and O–H groups in total. The average molecular weight is 112 g/mol. The van der Waals surface area contributed by atoms with Crippen LogP contribution in [0, 0.1) is 0 Å². The van der Waals surface area contributed by atoms with E-state index in [1.165, 1.54) is 5.54 Å². The van der Waals surface area contributed by atoms with Crippen LogP contribution < -0.4 is 0 Å². The molecule has 0 aromatic heterocycles. The first kappa shape index (κ1) is 5.32. The van der Waals surface area contributed by atoms with E-state index in [2.05, 4.69) is 0 Å². The van der Waals surface area contributed by atoms with Crippen LogP contribution in [-0.2, 0) is 0 Å². The largest absolute Gasteiger partial charge is 0.122 e. The van der Waals surface area contributed by atoms with Gasteiger partial charge in [0.05, 0.1) is 0 Å². The minimum absolute atomic E-state index is 0.503. The molecule has 0 aromatic carbocycles. The maximum absolute atomic E-state index is 5.13. The van der Waals surface area contributed by atoms with Crippen molar-refractivity contribution in [3.63, 3.8) is 0 Å². The van der Waals surface area contributed by atoms with Crippen LogP contribution in [0.15, 0.2) is 11.6 Å². The lowest BCUT2D eigenvalue weighted by atomic mass is 11.2. The molecule has 5 heavy (non-hydrogen) atoms. The van der Waals surface area contributed by atoms with Crippen LogP contribution in [0.25, 0.3) is 0 Å². The van der Waals surface area contributed by atoms with E-state index in [1.54, 1.807) is 6.08 Å². The molecule has 0 saturated carbocycles. The van der Waals surface area contributed by atoms with Gasteiger partial charge in [0.2, 0.25) is 0 Å². The Balaban J connectivity index is 2.62. The van der Waals surface area contributed by atoms with Crippen molar-refractivity contribution in [2.75, 3.05) is 5.88 Å². The highest BCUT2D eigenvalue weighted by Crippen LogP contribution is 1.79. The second kappa shape index (κ2) is 4.32. The third-order valence-corrected chi connectivity index (χ3v) is 0.535. The summed E-state index contributed by atoms with van der Waals surface area (Å²) in [4.78, 5) is 0. The highest BCUT2D eigenvalue weighted by atomic mass is 35.5. The molecule has 0 fully saturated rings. The van der Waals surface area contributed by atoms with Gasteiger partial charge in [0.15, 0.2) is 0 Å². The lowest BCUT2D eigenvalue weighted by molar-refractivity contribution is 1.79. The van der Waals surface area contributed by atoms with Gasteiger partial charge >= 0.3 is 0 Å². The van der Waals surface area contributed by atoms with Crippen molar-refractivity contribution in [3.8, 4) is 0 Å². The summed E-state index contributed by atoms with van der Waals surface area (Å²) in [6.45, 7) is 0. The molecular weight excluding hydrogens is 108 g/mol.